The summed E-state index contributed by atoms with van der Waals surface area (Å²) in [6.07, 6.45) is 2.95. The summed E-state index contributed by atoms with van der Waals surface area (Å²) in [5, 5.41) is 0. The van der Waals surface area contributed by atoms with E-state index in [9.17, 15) is 18.0 Å². The number of amides is 1. The lowest BCUT2D eigenvalue weighted by molar-refractivity contribution is -0.149. The van der Waals surface area contributed by atoms with Crippen LogP contribution in [0.3, 0.4) is 0 Å². The quantitative estimate of drug-likeness (QED) is 0.651. The van der Waals surface area contributed by atoms with E-state index in [4.69, 9.17) is 9.47 Å². The number of hydrogen-bond acceptors (Lipinski definition) is 5. The van der Waals surface area contributed by atoms with Gasteiger partial charge in [0.05, 0.1) is 30.3 Å². The van der Waals surface area contributed by atoms with Crippen molar-refractivity contribution in [3.8, 4) is 0 Å². The first-order valence-corrected chi connectivity index (χ1v) is 12.6. The third kappa shape index (κ3) is 3.75. The molecule has 5 aliphatic rings. The van der Waals surface area contributed by atoms with Gasteiger partial charge in [-0.15, -0.1) is 0 Å². The molecule has 0 spiro atoms. The monoisotopic (exact) mass is 479 g/mol. The number of rotatable bonds is 2. The lowest BCUT2D eigenvalue weighted by Gasteiger charge is -2.46. The normalized spacial score (nSPS) is 36.1. The third-order valence-electron chi connectivity index (χ3n) is 9.04. The van der Waals surface area contributed by atoms with Gasteiger partial charge in [0.15, 0.2) is 0 Å². The summed E-state index contributed by atoms with van der Waals surface area (Å²) in [7, 11) is 0. The van der Waals surface area contributed by atoms with E-state index in [0.717, 1.165) is 57.9 Å². The van der Waals surface area contributed by atoms with E-state index in [1.54, 1.807) is 0 Å². The van der Waals surface area contributed by atoms with Crippen LogP contribution in [0.5, 0.6) is 0 Å². The zero-order chi connectivity index (χ0) is 23.5. The molecule has 4 fully saturated rings. The molecule has 4 heterocycles. The number of aromatic nitrogens is 1. The van der Waals surface area contributed by atoms with Crippen molar-refractivity contribution in [1.82, 2.24) is 14.8 Å². The van der Waals surface area contributed by atoms with Gasteiger partial charge < -0.3 is 14.4 Å². The Bertz CT molecular complexity index is 955. The Balaban J connectivity index is 1.21. The fourth-order valence-electron chi connectivity index (χ4n) is 7.45. The summed E-state index contributed by atoms with van der Waals surface area (Å²) in [6.45, 7) is 3.74. The highest BCUT2D eigenvalue weighted by atomic mass is 19.4. The van der Waals surface area contributed by atoms with Crippen LogP contribution >= 0.6 is 0 Å². The maximum atomic E-state index is 14.0. The molecule has 0 radical (unpaired) electrons. The molecule has 6 nitrogen and oxygen atoms in total. The van der Waals surface area contributed by atoms with Gasteiger partial charge in [-0.25, -0.2) is 0 Å². The molecule has 0 bridgehead atoms. The number of alkyl halides is 3. The average molecular weight is 480 g/mol. The Morgan fingerprint density at radius 2 is 2.09 bits per heavy atom. The second-order valence-electron chi connectivity index (χ2n) is 10.7. The van der Waals surface area contributed by atoms with Crippen LogP contribution in [0.1, 0.15) is 55.3 Å². The van der Waals surface area contributed by atoms with E-state index in [1.807, 2.05) is 4.90 Å². The summed E-state index contributed by atoms with van der Waals surface area (Å²) in [5.41, 5.74) is 0.0986. The Labute approximate surface area is 197 Å². The second kappa shape index (κ2) is 8.45. The minimum atomic E-state index is -4.43. The molecule has 1 aromatic heterocycles. The number of halogens is 3. The van der Waals surface area contributed by atoms with Gasteiger partial charge in [-0.3, -0.25) is 14.7 Å². The van der Waals surface area contributed by atoms with Gasteiger partial charge in [-0.2, -0.15) is 13.2 Å². The van der Waals surface area contributed by atoms with Gasteiger partial charge in [-0.05, 0) is 49.7 Å². The average Bonchev–Trinajstić information content (AvgIpc) is 3.40. The van der Waals surface area contributed by atoms with Crippen molar-refractivity contribution < 1.29 is 27.4 Å². The summed E-state index contributed by atoms with van der Waals surface area (Å²) in [4.78, 5) is 22.5. The van der Waals surface area contributed by atoms with Crippen LogP contribution in [0.25, 0.3) is 0 Å². The van der Waals surface area contributed by atoms with Crippen LogP contribution in [0.2, 0.25) is 0 Å². The van der Waals surface area contributed by atoms with Gasteiger partial charge >= 0.3 is 6.18 Å². The topological polar surface area (TPSA) is 54.9 Å². The highest BCUT2D eigenvalue weighted by Crippen LogP contribution is 2.57. The SMILES string of the molecule is O=C(N1CCc2ncc(C(F)(F)F)cc2C1)[C@@]12CCC[C@@H]1C[C@@H](N1CCO[C@@H]3COCC[C@@H]31)C2. The van der Waals surface area contributed by atoms with Gasteiger partial charge in [0.1, 0.15) is 0 Å². The van der Waals surface area contributed by atoms with E-state index in [1.165, 1.54) is 6.07 Å². The minimum Gasteiger partial charge on any atom is -0.379 e. The van der Waals surface area contributed by atoms with Crippen molar-refractivity contribution in [2.75, 3.05) is 32.9 Å². The number of nitrogens with zero attached hydrogens (tertiary/aromatic N) is 3. The summed E-state index contributed by atoms with van der Waals surface area (Å²) >= 11 is 0. The molecular weight excluding hydrogens is 447 g/mol. The first kappa shape index (κ1) is 22.7. The van der Waals surface area contributed by atoms with Gasteiger partial charge in [0.25, 0.3) is 0 Å². The molecule has 5 atom stereocenters. The van der Waals surface area contributed by atoms with Crippen LogP contribution in [0.4, 0.5) is 13.2 Å². The smallest absolute Gasteiger partial charge is 0.379 e. The van der Waals surface area contributed by atoms with Crippen LogP contribution in [0, 0.1) is 11.3 Å². The van der Waals surface area contributed by atoms with E-state index >= 15 is 0 Å². The molecule has 1 amide bonds. The van der Waals surface area contributed by atoms with Gasteiger partial charge in [0.2, 0.25) is 5.91 Å². The van der Waals surface area contributed by atoms with Gasteiger partial charge in [-0.1, -0.05) is 6.42 Å². The second-order valence-corrected chi connectivity index (χ2v) is 10.7. The van der Waals surface area contributed by atoms with Crippen molar-refractivity contribution >= 4 is 5.91 Å². The molecule has 6 rings (SSSR count). The Kier molecular flexibility index (Phi) is 5.65. The van der Waals surface area contributed by atoms with Crippen molar-refractivity contribution in [3.63, 3.8) is 0 Å². The number of pyridine rings is 1. The number of fused-ring (bicyclic) bond motifs is 3. The largest absolute Gasteiger partial charge is 0.417 e. The maximum absolute atomic E-state index is 14.0. The van der Waals surface area contributed by atoms with Crippen LogP contribution < -0.4 is 0 Å². The summed E-state index contributed by atoms with van der Waals surface area (Å²) in [6, 6.07) is 1.90. The maximum Gasteiger partial charge on any atom is 0.417 e. The van der Waals surface area contributed by atoms with Crippen LogP contribution in [-0.2, 0) is 33.4 Å². The molecule has 1 aromatic rings. The first-order valence-electron chi connectivity index (χ1n) is 12.6. The highest BCUT2D eigenvalue weighted by molar-refractivity contribution is 5.84. The fraction of sp³-hybridized carbons (Fsp3) is 0.760. The first-order chi connectivity index (χ1) is 16.3. The molecular formula is C25H32F3N3O3. The number of carbonyl (C=O) groups is 1. The van der Waals surface area contributed by atoms with E-state index in [-0.39, 0.29) is 24.0 Å². The predicted molar refractivity (Wildman–Crippen MR) is 117 cm³/mol. The Morgan fingerprint density at radius 3 is 2.94 bits per heavy atom. The zero-order valence-corrected chi connectivity index (χ0v) is 19.4. The van der Waals surface area contributed by atoms with Crippen molar-refractivity contribution in [1.29, 1.82) is 0 Å². The minimum absolute atomic E-state index is 0.114. The lowest BCUT2D eigenvalue weighted by Crippen LogP contribution is -2.58. The zero-order valence-electron chi connectivity index (χ0n) is 19.4. The van der Waals surface area contributed by atoms with Crippen LogP contribution in [-0.4, -0.2) is 71.8 Å². The third-order valence-corrected chi connectivity index (χ3v) is 9.04. The van der Waals surface area contributed by atoms with Gasteiger partial charge in [0, 0.05) is 56.6 Å². The highest BCUT2D eigenvalue weighted by Gasteiger charge is 2.58. The number of morpholine rings is 1. The van der Waals surface area contributed by atoms with Crippen molar-refractivity contribution in [2.24, 2.45) is 11.3 Å². The molecule has 0 N–H and O–H groups in total. The molecule has 0 unspecified atom stereocenters. The molecule has 3 aliphatic heterocycles. The van der Waals surface area contributed by atoms with Crippen molar-refractivity contribution in [3.05, 3.63) is 29.1 Å². The molecule has 186 valence electrons. The molecule has 2 aliphatic carbocycles. The summed E-state index contributed by atoms with van der Waals surface area (Å²) in [5.74, 6) is 0.504. The lowest BCUT2D eigenvalue weighted by atomic mass is 9.78. The fourth-order valence-corrected chi connectivity index (χ4v) is 7.45. The molecule has 34 heavy (non-hydrogen) atoms. The number of ether oxygens (including phenoxy) is 2. The molecule has 2 saturated carbocycles. The number of carbonyl (C=O) groups excluding carboxylic acids is 1. The molecule has 2 saturated heterocycles. The van der Waals surface area contributed by atoms with E-state index < -0.39 is 11.7 Å². The predicted octanol–water partition coefficient (Wildman–Crippen LogP) is 3.42. The van der Waals surface area contributed by atoms with E-state index in [2.05, 4.69) is 9.88 Å². The van der Waals surface area contributed by atoms with Crippen LogP contribution in [0.15, 0.2) is 12.3 Å². The molecule has 0 aromatic carbocycles. The number of hydrogen-bond donors (Lipinski definition) is 0. The van der Waals surface area contributed by atoms with E-state index in [0.29, 0.717) is 55.4 Å². The Hall–Kier alpha value is -1.71. The Morgan fingerprint density at radius 1 is 1.21 bits per heavy atom. The van der Waals surface area contributed by atoms with Crippen molar-refractivity contribution in [2.45, 2.75) is 75.9 Å². The molecule has 9 heteroatoms. The summed E-state index contributed by atoms with van der Waals surface area (Å²) < 4.78 is 51.3. The standard InChI is InChI=1S/C25H32F3N3O3/c26-25(27,28)18-10-16-14-30(6-3-20(16)29-13-18)23(32)24-5-1-2-17(24)11-19(12-24)31-7-9-34-22-15-33-8-4-21(22)31/h10,13,17,19,21-22H,1-9,11-12,14-15H2/t17-,19-,21+,22-,24-/m1/s1.